The van der Waals surface area contributed by atoms with Crippen molar-refractivity contribution in [2.24, 2.45) is 0 Å². The van der Waals surface area contributed by atoms with Gasteiger partial charge < -0.3 is 5.32 Å². The van der Waals surface area contributed by atoms with Gasteiger partial charge in [-0.2, -0.15) is 0 Å². The first-order chi connectivity index (χ1) is 8.47. The maximum atomic E-state index is 13.1. The minimum atomic E-state index is -0.476. The fraction of sp³-hybridized carbons (Fsp3) is 0.0833. The minimum Gasteiger partial charge on any atom is -0.338 e. The fourth-order valence-corrected chi connectivity index (χ4v) is 2.45. The van der Waals surface area contributed by atoms with E-state index in [0.717, 1.165) is 10.0 Å². The number of rotatable bonds is 2. The van der Waals surface area contributed by atoms with Gasteiger partial charge >= 0.3 is 0 Å². The number of halogens is 4. The average molecular weight is 350 g/mol. The number of aromatic nitrogens is 1. The first-order valence-electron chi connectivity index (χ1n) is 5.01. The zero-order valence-electron chi connectivity index (χ0n) is 9.27. The van der Waals surface area contributed by atoms with Gasteiger partial charge in [-0.15, -0.1) is 0 Å². The van der Waals surface area contributed by atoms with Crippen molar-refractivity contribution in [3.8, 4) is 0 Å². The molecule has 0 spiro atoms. The van der Waals surface area contributed by atoms with Crippen molar-refractivity contribution >= 4 is 50.6 Å². The van der Waals surface area contributed by atoms with Crippen LogP contribution in [0.15, 0.2) is 28.9 Å². The van der Waals surface area contributed by atoms with Crippen LogP contribution in [-0.4, -0.2) is 4.98 Å². The molecule has 0 radical (unpaired) electrons. The summed E-state index contributed by atoms with van der Waals surface area (Å²) >= 11 is 15.2. The summed E-state index contributed by atoms with van der Waals surface area (Å²) in [6.45, 7) is 1.89. The number of aryl methyl sites for hydroxylation is 1. The summed E-state index contributed by atoms with van der Waals surface area (Å²) in [5.41, 5.74) is 1.36. The van der Waals surface area contributed by atoms with E-state index in [-0.39, 0.29) is 10.0 Å². The van der Waals surface area contributed by atoms with Crippen LogP contribution in [0.25, 0.3) is 0 Å². The van der Waals surface area contributed by atoms with Gasteiger partial charge in [0.25, 0.3) is 0 Å². The Morgan fingerprint density at radius 2 is 1.83 bits per heavy atom. The second-order valence-corrected chi connectivity index (χ2v) is 5.42. The van der Waals surface area contributed by atoms with E-state index >= 15 is 0 Å². The van der Waals surface area contributed by atoms with Crippen LogP contribution in [0.5, 0.6) is 0 Å². The molecule has 0 saturated heterocycles. The largest absolute Gasteiger partial charge is 0.338 e. The summed E-state index contributed by atoms with van der Waals surface area (Å²) in [6, 6.07) is 4.30. The zero-order chi connectivity index (χ0) is 13.3. The smallest absolute Gasteiger partial charge is 0.133 e. The highest BCUT2D eigenvalue weighted by Crippen LogP contribution is 2.34. The molecule has 0 bridgehead atoms. The molecule has 0 amide bonds. The van der Waals surface area contributed by atoms with Crippen LogP contribution in [0, 0.1) is 12.7 Å². The predicted molar refractivity (Wildman–Crippen MR) is 76.4 cm³/mol. The molecule has 0 fully saturated rings. The van der Waals surface area contributed by atoms with Gasteiger partial charge in [-0.05, 0) is 46.6 Å². The summed E-state index contributed by atoms with van der Waals surface area (Å²) < 4.78 is 13.9. The number of pyridine rings is 1. The Kier molecular flexibility index (Phi) is 4.10. The third-order valence-corrected chi connectivity index (χ3v) is 3.33. The molecular formula is C12H8BrCl2FN2. The van der Waals surface area contributed by atoms with Crippen LogP contribution >= 0.6 is 39.1 Å². The molecule has 0 aliphatic carbocycles. The maximum Gasteiger partial charge on any atom is 0.133 e. The van der Waals surface area contributed by atoms with Crippen molar-refractivity contribution in [3.63, 3.8) is 0 Å². The van der Waals surface area contributed by atoms with Crippen molar-refractivity contribution in [3.05, 3.63) is 50.3 Å². The number of nitrogens with one attached hydrogen (secondary N) is 1. The van der Waals surface area contributed by atoms with Gasteiger partial charge in [-0.25, -0.2) is 9.37 Å². The number of nitrogens with zero attached hydrogens (tertiary/aromatic N) is 1. The third-order valence-electron chi connectivity index (χ3n) is 2.30. The van der Waals surface area contributed by atoms with Gasteiger partial charge in [0.05, 0.1) is 15.7 Å². The number of hydrogen-bond donors (Lipinski definition) is 1. The molecule has 2 nitrogen and oxygen atoms in total. The van der Waals surface area contributed by atoms with Crippen molar-refractivity contribution < 1.29 is 4.39 Å². The van der Waals surface area contributed by atoms with Crippen LogP contribution in [0.2, 0.25) is 10.0 Å². The van der Waals surface area contributed by atoms with E-state index in [4.69, 9.17) is 23.2 Å². The Balaban J connectivity index is 2.40. The van der Waals surface area contributed by atoms with E-state index in [1.165, 1.54) is 12.1 Å². The Morgan fingerprint density at radius 3 is 2.39 bits per heavy atom. The second kappa shape index (κ2) is 5.43. The summed E-state index contributed by atoms with van der Waals surface area (Å²) in [5, 5.41) is 3.42. The third kappa shape index (κ3) is 2.94. The average Bonchev–Trinajstić information content (AvgIpc) is 2.25. The minimum absolute atomic E-state index is 0.212. The molecule has 1 aromatic heterocycles. The fourth-order valence-electron chi connectivity index (χ4n) is 1.45. The van der Waals surface area contributed by atoms with Crippen LogP contribution in [0.3, 0.4) is 0 Å². The molecule has 94 valence electrons. The standard InChI is InChI=1S/C12H8BrCl2FN2/c1-6-2-7(13)5-17-12(6)18-11-9(14)3-8(16)4-10(11)15/h2-5H,1H3,(H,17,18). The van der Waals surface area contributed by atoms with Crippen molar-refractivity contribution in [2.75, 3.05) is 5.32 Å². The lowest BCUT2D eigenvalue weighted by Crippen LogP contribution is -1.98. The molecule has 0 saturated carbocycles. The molecule has 1 aromatic carbocycles. The van der Waals surface area contributed by atoms with Crippen LogP contribution in [-0.2, 0) is 0 Å². The van der Waals surface area contributed by atoms with Crippen molar-refractivity contribution in [1.82, 2.24) is 4.98 Å². The number of anilines is 2. The van der Waals surface area contributed by atoms with Crippen LogP contribution in [0.1, 0.15) is 5.56 Å². The predicted octanol–water partition coefficient (Wildman–Crippen LogP) is 5.34. The molecule has 0 aliphatic heterocycles. The lowest BCUT2D eigenvalue weighted by molar-refractivity contribution is 0.628. The summed E-state index contributed by atoms with van der Waals surface area (Å²) in [6.07, 6.45) is 1.65. The van der Waals surface area contributed by atoms with E-state index < -0.39 is 5.82 Å². The van der Waals surface area contributed by atoms with E-state index in [1.54, 1.807) is 6.20 Å². The monoisotopic (exact) mass is 348 g/mol. The Bertz CT molecular complexity index is 582. The highest BCUT2D eigenvalue weighted by molar-refractivity contribution is 9.10. The summed E-state index contributed by atoms with van der Waals surface area (Å²) in [7, 11) is 0. The van der Waals surface area contributed by atoms with E-state index in [9.17, 15) is 4.39 Å². The van der Waals surface area contributed by atoms with E-state index in [2.05, 4.69) is 26.2 Å². The molecule has 0 unspecified atom stereocenters. The van der Waals surface area contributed by atoms with Crippen molar-refractivity contribution in [2.45, 2.75) is 6.92 Å². The second-order valence-electron chi connectivity index (χ2n) is 3.69. The molecule has 0 atom stereocenters. The normalized spacial score (nSPS) is 10.5. The maximum absolute atomic E-state index is 13.1. The highest BCUT2D eigenvalue weighted by atomic mass is 79.9. The lowest BCUT2D eigenvalue weighted by Gasteiger charge is -2.12. The van der Waals surface area contributed by atoms with Gasteiger partial charge in [0.2, 0.25) is 0 Å². The quantitative estimate of drug-likeness (QED) is 0.791. The van der Waals surface area contributed by atoms with Crippen LogP contribution in [0.4, 0.5) is 15.9 Å². The molecular weight excluding hydrogens is 342 g/mol. The van der Waals surface area contributed by atoms with Gasteiger partial charge in [-0.3, -0.25) is 0 Å². The summed E-state index contributed by atoms with van der Waals surface area (Å²) in [5.74, 6) is 0.143. The Morgan fingerprint density at radius 1 is 1.22 bits per heavy atom. The highest BCUT2D eigenvalue weighted by Gasteiger charge is 2.10. The zero-order valence-corrected chi connectivity index (χ0v) is 12.4. The molecule has 18 heavy (non-hydrogen) atoms. The number of hydrogen-bond acceptors (Lipinski definition) is 2. The van der Waals surface area contributed by atoms with E-state index in [1.807, 2.05) is 13.0 Å². The van der Waals surface area contributed by atoms with Gasteiger partial charge in [0.1, 0.15) is 11.6 Å². The SMILES string of the molecule is Cc1cc(Br)cnc1Nc1c(Cl)cc(F)cc1Cl. The van der Waals surface area contributed by atoms with Crippen molar-refractivity contribution in [1.29, 1.82) is 0 Å². The Labute approximate surface area is 122 Å². The van der Waals surface area contributed by atoms with Gasteiger partial charge in [0.15, 0.2) is 0 Å². The molecule has 6 heteroatoms. The Hall–Kier alpha value is -0.840. The molecule has 2 rings (SSSR count). The summed E-state index contributed by atoms with van der Waals surface area (Å²) in [4.78, 5) is 4.21. The first-order valence-corrected chi connectivity index (χ1v) is 6.56. The first kappa shape index (κ1) is 13.6. The van der Waals surface area contributed by atoms with E-state index in [0.29, 0.717) is 11.5 Å². The number of benzene rings is 1. The molecule has 1 heterocycles. The topological polar surface area (TPSA) is 24.9 Å². The van der Waals surface area contributed by atoms with Gasteiger partial charge in [0, 0.05) is 10.7 Å². The lowest BCUT2D eigenvalue weighted by atomic mass is 10.2. The van der Waals surface area contributed by atoms with Gasteiger partial charge in [-0.1, -0.05) is 23.2 Å². The molecule has 2 aromatic rings. The van der Waals surface area contributed by atoms with Crippen LogP contribution < -0.4 is 5.32 Å². The molecule has 1 N–H and O–H groups in total. The molecule has 0 aliphatic rings.